The summed E-state index contributed by atoms with van der Waals surface area (Å²) in [6.07, 6.45) is 2.58. The van der Waals surface area contributed by atoms with E-state index in [-0.39, 0.29) is 24.4 Å². The molecule has 2 aliphatic heterocycles. The van der Waals surface area contributed by atoms with E-state index in [1.807, 2.05) is 52.3 Å². The van der Waals surface area contributed by atoms with Gasteiger partial charge in [-0.2, -0.15) is 0 Å². The molecule has 2 heterocycles. The first-order valence-electron chi connectivity index (χ1n) is 9.73. The van der Waals surface area contributed by atoms with Crippen molar-refractivity contribution in [2.75, 3.05) is 37.0 Å². The third kappa shape index (κ3) is 3.73. The Morgan fingerprint density at radius 1 is 1.11 bits per heavy atom. The number of rotatable bonds is 5. The van der Waals surface area contributed by atoms with E-state index in [2.05, 4.69) is 11.4 Å². The molecular formula is C22H25N3O3. The van der Waals surface area contributed by atoms with Gasteiger partial charge in [0.1, 0.15) is 5.75 Å². The molecule has 1 fully saturated rings. The molecule has 4 rings (SSSR count). The molecule has 2 amide bonds. The maximum Gasteiger partial charge on any atom is 0.241 e. The molecule has 0 radical (unpaired) electrons. The predicted molar refractivity (Wildman–Crippen MR) is 109 cm³/mol. The number of methoxy groups -OCH3 is 1. The zero-order valence-electron chi connectivity index (χ0n) is 16.1. The van der Waals surface area contributed by atoms with Crippen molar-refractivity contribution in [1.29, 1.82) is 0 Å². The Kier molecular flexibility index (Phi) is 5.30. The zero-order valence-corrected chi connectivity index (χ0v) is 16.1. The van der Waals surface area contributed by atoms with Crippen molar-refractivity contribution in [3.05, 3.63) is 54.1 Å². The molecule has 0 bridgehead atoms. The van der Waals surface area contributed by atoms with Crippen molar-refractivity contribution in [1.82, 2.24) is 4.90 Å². The number of hydrogen-bond acceptors (Lipinski definition) is 4. The summed E-state index contributed by atoms with van der Waals surface area (Å²) < 4.78 is 5.15. The van der Waals surface area contributed by atoms with Gasteiger partial charge in [0, 0.05) is 17.9 Å². The maximum absolute atomic E-state index is 12.9. The lowest BCUT2D eigenvalue weighted by Gasteiger charge is -2.26. The van der Waals surface area contributed by atoms with Crippen molar-refractivity contribution in [2.45, 2.75) is 25.3 Å². The summed E-state index contributed by atoms with van der Waals surface area (Å²) in [5, 5.41) is 2.96. The average Bonchev–Trinajstić information content (AvgIpc) is 3.35. The summed E-state index contributed by atoms with van der Waals surface area (Å²) in [7, 11) is 1.61. The van der Waals surface area contributed by atoms with Crippen LogP contribution in [0.1, 0.15) is 18.4 Å². The molecule has 1 atom stereocenters. The van der Waals surface area contributed by atoms with Crippen LogP contribution in [0.15, 0.2) is 48.5 Å². The quantitative estimate of drug-likeness (QED) is 0.868. The van der Waals surface area contributed by atoms with Gasteiger partial charge in [-0.05, 0) is 61.7 Å². The summed E-state index contributed by atoms with van der Waals surface area (Å²) in [5.74, 6) is 0.753. The van der Waals surface area contributed by atoms with Crippen molar-refractivity contribution in [3.63, 3.8) is 0 Å². The monoisotopic (exact) mass is 379 g/mol. The maximum atomic E-state index is 12.9. The number of benzene rings is 2. The van der Waals surface area contributed by atoms with Gasteiger partial charge in [-0.1, -0.05) is 18.2 Å². The molecule has 0 unspecified atom stereocenters. The van der Waals surface area contributed by atoms with Gasteiger partial charge in [0.2, 0.25) is 11.8 Å². The minimum absolute atomic E-state index is 0.0581. The first kappa shape index (κ1) is 18.5. The molecule has 28 heavy (non-hydrogen) atoms. The summed E-state index contributed by atoms with van der Waals surface area (Å²) in [4.78, 5) is 29.5. The van der Waals surface area contributed by atoms with Gasteiger partial charge in [0.05, 0.1) is 19.7 Å². The fourth-order valence-electron chi connectivity index (χ4n) is 4.07. The fourth-order valence-corrected chi connectivity index (χ4v) is 4.07. The Morgan fingerprint density at radius 3 is 2.68 bits per heavy atom. The van der Waals surface area contributed by atoms with Crippen LogP contribution < -0.4 is 15.0 Å². The Balaban J connectivity index is 1.39. The number of para-hydroxylation sites is 1. The van der Waals surface area contributed by atoms with Gasteiger partial charge < -0.3 is 15.0 Å². The number of hydrogen-bond donors (Lipinski definition) is 1. The van der Waals surface area contributed by atoms with E-state index in [9.17, 15) is 9.59 Å². The van der Waals surface area contributed by atoms with Crippen molar-refractivity contribution in [3.8, 4) is 5.75 Å². The Hall–Kier alpha value is -2.86. The van der Waals surface area contributed by atoms with Crippen molar-refractivity contribution in [2.24, 2.45) is 0 Å². The van der Waals surface area contributed by atoms with Crippen LogP contribution in [0.3, 0.4) is 0 Å². The summed E-state index contributed by atoms with van der Waals surface area (Å²) in [6, 6.07) is 15.0. The van der Waals surface area contributed by atoms with Crippen LogP contribution in [-0.4, -0.2) is 49.5 Å². The predicted octanol–water partition coefficient (Wildman–Crippen LogP) is 2.69. The number of amides is 2. The van der Waals surface area contributed by atoms with E-state index < -0.39 is 0 Å². The lowest BCUT2D eigenvalue weighted by molar-refractivity contribution is -0.123. The van der Waals surface area contributed by atoms with Crippen LogP contribution in [0.2, 0.25) is 0 Å². The second kappa shape index (κ2) is 8.02. The van der Waals surface area contributed by atoms with Gasteiger partial charge in [-0.15, -0.1) is 0 Å². The minimum atomic E-state index is -0.274. The van der Waals surface area contributed by atoms with Crippen molar-refractivity contribution >= 4 is 23.2 Å². The molecule has 0 spiro atoms. The van der Waals surface area contributed by atoms with Gasteiger partial charge in [0.15, 0.2) is 0 Å². The molecule has 6 nitrogen and oxygen atoms in total. The van der Waals surface area contributed by atoms with Crippen LogP contribution >= 0.6 is 0 Å². The number of likely N-dealkylation sites (tertiary alicyclic amines) is 1. The Bertz CT molecular complexity index is 866. The molecule has 6 heteroatoms. The summed E-state index contributed by atoms with van der Waals surface area (Å²) in [6.45, 7) is 1.76. The van der Waals surface area contributed by atoms with Gasteiger partial charge in [-0.3, -0.25) is 14.5 Å². The van der Waals surface area contributed by atoms with Crippen LogP contribution in [0.25, 0.3) is 0 Å². The molecule has 2 aromatic rings. The number of nitrogens with zero attached hydrogens (tertiary/aromatic N) is 2. The van der Waals surface area contributed by atoms with E-state index in [4.69, 9.17) is 4.74 Å². The molecule has 2 aromatic carbocycles. The van der Waals surface area contributed by atoms with E-state index in [1.165, 1.54) is 5.56 Å². The highest BCUT2D eigenvalue weighted by Gasteiger charge is 2.34. The SMILES string of the molecule is COc1ccc(NC(=O)[C@H]2CCCN2CC(=O)N2CCc3ccccc32)cc1. The number of carbonyl (C=O) groups is 2. The molecule has 0 saturated carbocycles. The Morgan fingerprint density at radius 2 is 1.89 bits per heavy atom. The third-order valence-electron chi connectivity index (χ3n) is 5.55. The van der Waals surface area contributed by atoms with E-state index in [0.29, 0.717) is 6.54 Å². The number of ether oxygens (including phenoxy) is 1. The lowest BCUT2D eigenvalue weighted by Crippen LogP contribution is -2.46. The minimum Gasteiger partial charge on any atom is -0.497 e. The smallest absolute Gasteiger partial charge is 0.241 e. The van der Waals surface area contributed by atoms with Crippen LogP contribution in [0.5, 0.6) is 5.75 Å². The lowest BCUT2D eigenvalue weighted by atomic mass is 10.2. The van der Waals surface area contributed by atoms with Crippen molar-refractivity contribution < 1.29 is 14.3 Å². The standard InChI is InChI=1S/C22H25N3O3/c1-28-18-10-8-17(9-11-18)23-22(27)20-7-4-13-24(20)15-21(26)25-14-12-16-5-2-3-6-19(16)25/h2-3,5-6,8-11,20H,4,7,12-15H2,1H3,(H,23,27)/t20-/m1/s1. The first-order chi connectivity index (χ1) is 13.7. The second-order valence-electron chi connectivity index (χ2n) is 7.27. The second-order valence-corrected chi connectivity index (χ2v) is 7.27. The average molecular weight is 379 g/mol. The fraction of sp³-hybridized carbons (Fsp3) is 0.364. The first-order valence-corrected chi connectivity index (χ1v) is 9.73. The highest BCUT2D eigenvalue weighted by atomic mass is 16.5. The Labute approximate surface area is 165 Å². The van der Waals surface area contributed by atoms with Crippen LogP contribution in [0.4, 0.5) is 11.4 Å². The molecule has 0 aromatic heterocycles. The number of anilines is 2. The van der Waals surface area contributed by atoms with E-state index >= 15 is 0 Å². The summed E-state index contributed by atoms with van der Waals surface area (Å²) in [5.41, 5.74) is 2.95. The van der Waals surface area contributed by atoms with Gasteiger partial charge in [0.25, 0.3) is 0 Å². The number of carbonyl (C=O) groups excluding carboxylic acids is 2. The van der Waals surface area contributed by atoms with E-state index in [1.54, 1.807) is 7.11 Å². The van der Waals surface area contributed by atoms with Gasteiger partial charge >= 0.3 is 0 Å². The molecule has 1 N–H and O–H groups in total. The topological polar surface area (TPSA) is 61.9 Å². The third-order valence-corrected chi connectivity index (χ3v) is 5.55. The van der Waals surface area contributed by atoms with Crippen LogP contribution in [-0.2, 0) is 16.0 Å². The highest BCUT2D eigenvalue weighted by Crippen LogP contribution is 2.28. The molecule has 1 saturated heterocycles. The van der Waals surface area contributed by atoms with E-state index in [0.717, 1.165) is 42.9 Å². The molecule has 0 aliphatic carbocycles. The number of nitrogens with one attached hydrogen (secondary N) is 1. The zero-order chi connectivity index (χ0) is 19.5. The van der Waals surface area contributed by atoms with Gasteiger partial charge in [-0.25, -0.2) is 0 Å². The number of fused-ring (bicyclic) bond motifs is 1. The largest absolute Gasteiger partial charge is 0.497 e. The molecular weight excluding hydrogens is 354 g/mol. The normalized spacial score (nSPS) is 18.8. The summed E-state index contributed by atoms with van der Waals surface area (Å²) >= 11 is 0. The molecule has 2 aliphatic rings. The highest BCUT2D eigenvalue weighted by molar-refractivity contribution is 5.98. The molecule has 146 valence electrons. The van der Waals surface area contributed by atoms with Crippen LogP contribution in [0, 0.1) is 0 Å².